The standard InChI is InChI=1S/C12H23NO/c1-3-7-10(2)13-12(14)11-8-5-4-6-9-11/h10-11H,3-9H2,1-2H3,(H,13,14)/t10-/m1/s1. The first-order valence-electron chi connectivity index (χ1n) is 6.04. The Morgan fingerprint density at radius 3 is 2.57 bits per heavy atom. The van der Waals surface area contributed by atoms with Crippen LogP contribution in [0.2, 0.25) is 0 Å². The van der Waals surface area contributed by atoms with Crippen LogP contribution in [0.25, 0.3) is 0 Å². The lowest BCUT2D eigenvalue weighted by Crippen LogP contribution is -2.37. The van der Waals surface area contributed by atoms with Gasteiger partial charge in [0.1, 0.15) is 0 Å². The van der Waals surface area contributed by atoms with E-state index in [1.807, 2.05) is 0 Å². The molecule has 82 valence electrons. The van der Waals surface area contributed by atoms with E-state index >= 15 is 0 Å². The molecule has 0 spiro atoms. The molecule has 14 heavy (non-hydrogen) atoms. The monoisotopic (exact) mass is 197 g/mol. The van der Waals surface area contributed by atoms with Gasteiger partial charge in [-0.2, -0.15) is 0 Å². The first kappa shape index (κ1) is 11.5. The Morgan fingerprint density at radius 2 is 2.00 bits per heavy atom. The number of carbonyl (C=O) groups is 1. The third kappa shape index (κ3) is 3.69. The largest absolute Gasteiger partial charge is 0.353 e. The van der Waals surface area contributed by atoms with Crippen LogP contribution in [-0.2, 0) is 4.79 Å². The number of rotatable bonds is 4. The normalized spacial score (nSPS) is 20.4. The Balaban J connectivity index is 2.25. The first-order valence-corrected chi connectivity index (χ1v) is 6.04. The zero-order valence-corrected chi connectivity index (χ0v) is 9.51. The molecule has 0 radical (unpaired) electrons. The van der Waals surface area contributed by atoms with E-state index in [0.29, 0.717) is 17.9 Å². The van der Waals surface area contributed by atoms with Gasteiger partial charge in [-0.15, -0.1) is 0 Å². The molecular weight excluding hydrogens is 174 g/mol. The number of hydrogen-bond donors (Lipinski definition) is 1. The van der Waals surface area contributed by atoms with Crippen molar-refractivity contribution >= 4 is 5.91 Å². The van der Waals surface area contributed by atoms with Gasteiger partial charge >= 0.3 is 0 Å². The molecule has 1 saturated carbocycles. The molecule has 0 aromatic heterocycles. The highest BCUT2D eigenvalue weighted by Crippen LogP contribution is 2.23. The van der Waals surface area contributed by atoms with Crippen molar-refractivity contribution in [2.24, 2.45) is 5.92 Å². The third-order valence-electron chi connectivity index (χ3n) is 3.09. The summed E-state index contributed by atoms with van der Waals surface area (Å²) in [6.07, 6.45) is 8.23. The molecule has 1 aliphatic carbocycles. The van der Waals surface area contributed by atoms with E-state index in [1.165, 1.54) is 19.3 Å². The maximum atomic E-state index is 11.8. The van der Waals surface area contributed by atoms with Crippen LogP contribution in [0.3, 0.4) is 0 Å². The summed E-state index contributed by atoms with van der Waals surface area (Å²) >= 11 is 0. The predicted molar refractivity (Wildman–Crippen MR) is 59.1 cm³/mol. The Kier molecular flexibility index (Phi) is 4.99. The molecule has 0 heterocycles. The van der Waals surface area contributed by atoms with E-state index in [9.17, 15) is 4.79 Å². The highest BCUT2D eigenvalue weighted by molar-refractivity contribution is 5.78. The SMILES string of the molecule is CCC[C@@H](C)NC(=O)C1CCCCC1. The Labute approximate surface area is 87.5 Å². The highest BCUT2D eigenvalue weighted by atomic mass is 16.1. The van der Waals surface area contributed by atoms with Crippen LogP contribution in [0.15, 0.2) is 0 Å². The summed E-state index contributed by atoms with van der Waals surface area (Å²) in [5.74, 6) is 0.605. The van der Waals surface area contributed by atoms with Gasteiger partial charge in [-0.25, -0.2) is 0 Å². The van der Waals surface area contributed by atoms with Crippen molar-refractivity contribution < 1.29 is 4.79 Å². The highest BCUT2D eigenvalue weighted by Gasteiger charge is 2.21. The Morgan fingerprint density at radius 1 is 1.36 bits per heavy atom. The van der Waals surface area contributed by atoms with Gasteiger partial charge in [0.05, 0.1) is 0 Å². The van der Waals surface area contributed by atoms with Gasteiger partial charge in [-0.05, 0) is 26.2 Å². The molecule has 0 bridgehead atoms. The molecule has 0 aromatic carbocycles. The van der Waals surface area contributed by atoms with Crippen LogP contribution >= 0.6 is 0 Å². The molecule has 1 fully saturated rings. The summed E-state index contributed by atoms with van der Waals surface area (Å²) in [7, 11) is 0. The lowest BCUT2D eigenvalue weighted by molar-refractivity contribution is -0.126. The zero-order chi connectivity index (χ0) is 10.4. The molecule has 0 saturated heterocycles. The fourth-order valence-electron chi connectivity index (χ4n) is 2.23. The van der Waals surface area contributed by atoms with Crippen LogP contribution in [0, 0.1) is 5.92 Å². The fraction of sp³-hybridized carbons (Fsp3) is 0.917. The lowest BCUT2D eigenvalue weighted by atomic mass is 9.88. The summed E-state index contributed by atoms with van der Waals surface area (Å²) < 4.78 is 0. The van der Waals surface area contributed by atoms with Crippen molar-refractivity contribution in [3.63, 3.8) is 0 Å². The third-order valence-corrected chi connectivity index (χ3v) is 3.09. The number of carbonyl (C=O) groups excluding carboxylic acids is 1. The molecule has 0 aliphatic heterocycles. The van der Waals surface area contributed by atoms with E-state index < -0.39 is 0 Å². The minimum Gasteiger partial charge on any atom is -0.353 e. The van der Waals surface area contributed by atoms with Gasteiger partial charge in [0.2, 0.25) is 5.91 Å². The molecule has 1 aliphatic rings. The van der Waals surface area contributed by atoms with Crippen molar-refractivity contribution in [2.75, 3.05) is 0 Å². The molecule has 1 rings (SSSR count). The summed E-state index contributed by atoms with van der Waals surface area (Å²) in [5, 5.41) is 3.11. The summed E-state index contributed by atoms with van der Waals surface area (Å²) in [6, 6.07) is 0.356. The second-order valence-electron chi connectivity index (χ2n) is 4.53. The minimum absolute atomic E-state index is 0.297. The maximum absolute atomic E-state index is 11.8. The smallest absolute Gasteiger partial charge is 0.223 e. The van der Waals surface area contributed by atoms with E-state index in [-0.39, 0.29) is 0 Å². The number of hydrogen-bond acceptors (Lipinski definition) is 1. The van der Waals surface area contributed by atoms with E-state index in [2.05, 4.69) is 19.2 Å². The van der Waals surface area contributed by atoms with E-state index in [0.717, 1.165) is 25.7 Å². The van der Waals surface area contributed by atoms with Crippen molar-refractivity contribution in [3.05, 3.63) is 0 Å². The molecule has 0 unspecified atom stereocenters. The number of nitrogens with one attached hydrogen (secondary N) is 1. The van der Waals surface area contributed by atoms with Crippen LogP contribution in [0.4, 0.5) is 0 Å². The maximum Gasteiger partial charge on any atom is 0.223 e. The first-order chi connectivity index (χ1) is 6.74. The topological polar surface area (TPSA) is 29.1 Å². The van der Waals surface area contributed by atoms with E-state index in [4.69, 9.17) is 0 Å². The van der Waals surface area contributed by atoms with Gasteiger partial charge < -0.3 is 5.32 Å². The summed E-state index contributed by atoms with van der Waals surface area (Å²) in [6.45, 7) is 4.26. The predicted octanol–water partition coefficient (Wildman–Crippen LogP) is 2.87. The van der Waals surface area contributed by atoms with E-state index in [1.54, 1.807) is 0 Å². The Bertz CT molecular complexity index is 173. The fourth-order valence-corrected chi connectivity index (χ4v) is 2.23. The molecular formula is C12H23NO. The van der Waals surface area contributed by atoms with Crippen molar-refractivity contribution in [1.82, 2.24) is 5.32 Å². The van der Waals surface area contributed by atoms with Gasteiger partial charge in [0, 0.05) is 12.0 Å². The molecule has 1 atom stereocenters. The molecule has 0 aromatic rings. The molecule has 2 nitrogen and oxygen atoms in total. The summed E-state index contributed by atoms with van der Waals surface area (Å²) in [4.78, 5) is 11.8. The minimum atomic E-state index is 0.297. The van der Waals surface area contributed by atoms with Crippen molar-refractivity contribution in [3.8, 4) is 0 Å². The Hall–Kier alpha value is -0.530. The molecule has 2 heteroatoms. The average molecular weight is 197 g/mol. The van der Waals surface area contributed by atoms with Crippen LogP contribution < -0.4 is 5.32 Å². The second kappa shape index (κ2) is 6.05. The van der Waals surface area contributed by atoms with Gasteiger partial charge in [-0.1, -0.05) is 32.6 Å². The summed E-state index contributed by atoms with van der Waals surface area (Å²) in [5.41, 5.74) is 0. The lowest BCUT2D eigenvalue weighted by Gasteiger charge is -2.23. The van der Waals surface area contributed by atoms with Gasteiger partial charge in [0.25, 0.3) is 0 Å². The second-order valence-corrected chi connectivity index (χ2v) is 4.53. The number of amides is 1. The van der Waals surface area contributed by atoms with Gasteiger partial charge in [0.15, 0.2) is 0 Å². The van der Waals surface area contributed by atoms with Crippen LogP contribution in [0.1, 0.15) is 58.8 Å². The average Bonchev–Trinajstić information content (AvgIpc) is 2.19. The molecule has 1 N–H and O–H groups in total. The van der Waals surface area contributed by atoms with Gasteiger partial charge in [-0.3, -0.25) is 4.79 Å². The zero-order valence-electron chi connectivity index (χ0n) is 9.51. The van der Waals surface area contributed by atoms with Crippen molar-refractivity contribution in [2.45, 2.75) is 64.8 Å². The molecule has 1 amide bonds. The van der Waals surface area contributed by atoms with Crippen molar-refractivity contribution in [1.29, 1.82) is 0 Å². The van der Waals surface area contributed by atoms with Crippen LogP contribution in [-0.4, -0.2) is 11.9 Å². The quantitative estimate of drug-likeness (QED) is 0.737. The van der Waals surface area contributed by atoms with Crippen LogP contribution in [0.5, 0.6) is 0 Å².